The molecule has 7 atom stereocenters. The number of nitrogens with one attached hydrogen (secondary N) is 1. The summed E-state index contributed by atoms with van der Waals surface area (Å²) in [6.07, 6.45) is 97.4. The first-order chi connectivity index (χ1) is 45.8. The largest absolute Gasteiger partial charge is 0.394 e. The Labute approximate surface area is 575 Å². The van der Waals surface area contributed by atoms with Crippen molar-refractivity contribution in [1.82, 2.24) is 5.32 Å². The van der Waals surface area contributed by atoms with Crippen LogP contribution in [0.4, 0.5) is 0 Å². The SMILES string of the molecule is CC/C=C\C/C=C\C/C=C\C/C=C\CCCCCCCCCCCCCCCCCCCCCCCCCCC(=O)NC(COC1OC(CO)C(O)C(O)C1O)C(O)/C=C/CC/C=C/CC/C=C/CCCCCCCCCCCCCCCCCCCCCCCCC. The number of amides is 1. The minimum atomic E-state index is -1.58. The summed E-state index contributed by atoms with van der Waals surface area (Å²) in [5.41, 5.74) is 0. The number of unbranched alkanes of at least 4 members (excludes halogenated alkanes) is 49. The van der Waals surface area contributed by atoms with Crippen molar-refractivity contribution in [1.29, 1.82) is 0 Å². The maximum absolute atomic E-state index is 13.2. The van der Waals surface area contributed by atoms with Crippen molar-refractivity contribution >= 4 is 5.91 Å². The van der Waals surface area contributed by atoms with Gasteiger partial charge in [-0.15, -0.1) is 0 Å². The van der Waals surface area contributed by atoms with Gasteiger partial charge in [-0.25, -0.2) is 0 Å². The highest BCUT2D eigenvalue weighted by atomic mass is 16.7. The van der Waals surface area contributed by atoms with Crippen molar-refractivity contribution in [2.24, 2.45) is 0 Å². The molecule has 1 fully saturated rings. The topological polar surface area (TPSA) is 149 Å². The summed E-state index contributed by atoms with van der Waals surface area (Å²) in [6, 6.07) is -0.832. The Balaban J connectivity index is 2.09. The van der Waals surface area contributed by atoms with Crippen molar-refractivity contribution in [3.63, 3.8) is 0 Å². The highest BCUT2D eigenvalue weighted by Gasteiger charge is 2.44. The van der Waals surface area contributed by atoms with Gasteiger partial charge in [0.05, 0.1) is 25.4 Å². The third-order valence-electron chi connectivity index (χ3n) is 18.9. The molecule has 1 aliphatic heterocycles. The molecular weight excluding hydrogens is 1150 g/mol. The minimum absolute atomic E-state index is 0.185. The number of hydrogen-bond acceptors (Lipinski definition) is 8. The number of aliphatic hydroxyl groups excluding tert-OH is 5. The van der Waals surface area contributed by atoms with Gasteiger partial charge >= 0.3 is 0 Å². The van der Waals surface area contributed by atoms with Crippen LogP contribution < -0.4 is 5.32 Å². The maximum atomic E-state index is 13.2. The summed E-state index contributed by atoms with van der Waals surface area (Å²) >= 11 is 0. The first kappa shape index (κ1) is 88.4. The van der Waals surface area contributed by atoms with Gasteiger partial charge in [0.15, 0.2) is 6.29 Å². The zero-order valence-electron chi connectivity index (χ0n) is 61.0. The predicted molar refractivity (Wildman–Crippen MR) is 401 cm³/mol. The van der Waals surface area contributed by atoms with Gasteiger partial charge in [0.1, 0.15) is 24.4 Å². The summed E-state index contributed by atoms with van der Waals surface area (Å²) in [5.74, 6) is -0.185. The van der Waals surface area contributed by atoms with Gasteiger partial charge in [-0.2, -0.15) is 0 Å². The number of rotatable bonds is 71. The Hall–Kier alpha value is -2.63. The van der Waals surface area contributed by atoms with E-state index in [1.165, 1.54) is 295 Å². The van der Waals surface area contributed by atoms with Gasteiger partial charge in [-0.05, 0) is 83.5 Å². The second-order valence-corrected chi connectivity index (χ2v) is 27.8. The molecule has 0 aromatic rings. The average Bonchev–Trinajstić information content (AvgIpc) is 1.01. The molecular formula is C84H153NO8. The summed E-state index contributed by atoms with van der Waals surface area (Å²) in [7, 11) is 0. The van der Waals surface area contributed by atoms with Crippen LogP contribution >= 0.6 is 0 Å². The van der Waals surface area contributed by atoms with Crippen LogP contribution in [-0.4, -0.2) is 87.5 Å². The number of ether oxygens (including phenoxy) is 2. The van der Waals surface area contributed by atoms with Crippen LogP contribution in [0.3, 0.4) is 0 Å². The van der Waals surface area contributed by atoms with Gasteiger partial charge in [0.25, 0.3) is 0 Å². The Kier molecular flexibility index (Phi) is 68.5. The zero-order valence-corrected chi connectivity index (χ0v) is 61.0. The lowest BCUT2D eigenvalue weighted by Gasteiger charge is -2.40. The molecule has 6 N–H and O–H groups in total. The summed E-state index contributed by atoms with van der Waals surface area (Å²) in [6.45, 7) is 3.70. The average molecular weight is 1310 g/mol. The van der Waals surface area contributed by atoms with Crippen LogP contribution in [0.2, 0.25) is 0 Å². The summed E-state index contributed by atoms with van der Waals surface area (Å²) < 4.78 is 11.3. The summed E-state index contributed by atoms with van der Waals surface area (Å²) in [4.78, 5) is 13.2. The van der Waals surface area contributed by atoms with Crippen molar-refractivity contribution in [2.45, 2.75) is 429 Å². The van der Waals surface area contributed by atoms with Crippen LogP contribution in [0.25, 0.3) is 0 Å². The number of allylic oxidation sites excluding steroid dienone is 13. The van der Waals surface area contributed by atoms with Gasteiger partial charge < -0.3 is 40.3 Å². The highest BCUT2D eigenvalue weighted by molar-refractivity contribution is 5.76. The molecule has 1 amide bonds. The predicted octanol–water partition coefficient (Wildman–Crippen LogP) is 23.2. The van der Waals surface area contributed by atoms with E-state index in [0.717, 1.165) is 70.6 Å². The number of hydrogen-bond donors (Lipinski definition) is 6. The lowest BCUT2D eigenvalue weighted by molar-refractivity contribution is -0.302. The second-order valence-electron chi connectivity index (χ2n) is 27.8. The van der Waals surface area contributed by atoms with Crippen LogP contribution in [0.1, 0.15) is 386 Å². The summed E-state index contributed by atoms with van der Waals surface area (Å²) in [5, 5.41) is 54.9. The Morgan fingerprint density at radius 2 is 0.677 bits per heavy atom. The molecule has 9 heteroatoms. The van der Waals surface area contributed by atoms with Crippen LogP contribution in [0, 0.1) is 0 Å². The quantitative estimate of drug-likeness (QED) is 0.0261. The molecule has 1 heterocycles. The smallest absolute Gasteiger partial charge is 0.220 e. The van der Waals surface area contributed by atoms with Crippen molar-refractivity contribution in [2.75, 3.05) is 13.2 Å². The normalized spacial score (nSPS) is 18.0. The van der Waals surface area contributed by atoms with Crippen LogP contribution in [0.5, 0.6) is 0 Å². The van der Waals surface area contributed by atoms with E-state index in [1.807, 2.05) is 6.08 Å². The van der Waals surface area contributed by atoms with E-state index in [9.17, 15) is 30.3 Å². The van der Waals surface area contributed by atoms with E-state index in [2.05, 4.69) is 92.1 Å². The molecule has 0 bridgehead atoms. The molecule has 0 spiro atoms. The Morgan fingerprint density at radius 3 is 1.03 bits per heavy atom. The van der Waals surface area contributed by atoms with E-state index in [1.54, 1.807) is 6.08 Å². The van der Waals surface area contributed by atoms with E-state index in [0.29, 0.717) is 6.42 Å². The Bertz CT molecular complexity index is 1750. The molecule has 0 saturated carbocycles. The molecule has 7 unspecified atom stereocenters. The fraction of sp³-hybridized carbons (Fsp3) is 0.821. The lowest BCUT2D eigenvalue weighted by Crippen LogP contribution is -2.60. The minimum Gasteiger partial charge on any atom is -0.394 e. The molecule has 542 valence electrons. The number of carbonyl (C=O) groups is 1. The van der Waals surface area contributed by atoms with E-state index < -0.39 is 49.5 Å². The van der Waals surface area contributed by atoms with E-state index in [-0.39, 0.29) is 12.5 Å². The van der Waals surface area contributed by atoms with Crippen molar-refractivity contribution < 1.29 is 39.8 Å². The standard InChI is InChI=1S/C84H153NO8/c1-3-5-7-9-11-13-15-17-19-21-23-25-27-29-31-33-35-37-38-39-40-42-44-46-48-50-52-54-56-58-60-62-64-66-68-70-72-74-80(88)85-77(76-92-84-83(91)82(90)81(89)79(75-86)93-84)78(87)73-71-69-67-65-63-61-59-57-55-53-51-49-47-45-43-41-36-34-32-30-28-26-24-22-20-18-16-14-12-10-8-6-4-2/h5,7,11,13,17,19,23,25,55,57,63,65,71,73,77-79,81-84,86-87,89-91H,3-4,6,8-10,12,14-16,18,20-22,24,26-54,56,58-62,64,66-70,72,74-76H2,1-2H3,(H,85,88)/b7-5-,13-11-,19-17-,25-23-,57-55+,65-63+,73-71+. The van der Waals surface area contributed by atoms with E-state index >= 15 is 0 Å². The fourth-order valence-electron chi connectivity index (χ4n) is 12.7. The molecule has 0 aromatic carbocycles. The van der Waals surface area contributed by atoms with Gasteiger partial charge in [-0.1, -0.05) is 381 Å². The van der Waals surface area contributed by atoms with Gasteiger partial charge in [0, 0.05) is 6.42 Å². The van der Waals surface area contributed by atoms with Crippen LogP contribution in [0.15, 0.2) is 85.1 Å². The number of aliphatic hydroxyl groups is 5. The van der Waals surface area contributed by atoms with Gasteiger partial charge in [-0.3, -0.25) is 4.79 Å². The molecule has 1 aliphatic rings. The molecule has 93 heavy (non-hydrogen) atoms. The second kappa shape index (κ2) is 72.1. The molecule has 0 radical (unpaired) electrons. The van der Waals surface area contributed by atoms with Crippen molar-refractivity contribution in [3.8, 4) is 0 Å². The molecule has 1 saturated heterocycles. The fourth-order valence-corrected chi connectivity index (χ4v) is 12.7. The molecule has 0 aliphatic carbocycles. The lowest BCUT2D eigenvalue weighted by atomic mass is 9.99. The molecule has 1 rings (SSSR count). The maximum Gasteiger partial charge on any atom is 0.220 e. The first-order valence-electron chi connectivity index (χ1n) is 40.3. The third kappa shape index (κ3) is 60.3. The first-order valence-corrected chi connectivity index (χ1v) is 40.3. The Morgan fingerprint density at radius 1 is 0.376 bits per heavy atom. The third-order valence-corrected chi connectivity index (χ3v) is 18.9. The van der Waals surface area contributed by atoms with Crippen molar-refractivity contribution in [3.05, 3.63) is 85.1 Å². The number of carbonyl (C=O) groups excluding carboxylic acids is 1. The monoisotopic (exact) mass is 1300 g/mol. The molecule has 9 nitrogen and oxygen atoms in total. The molecule has 0 aromatic heterocycles. The van der Waals surface area contributed by atoms with Crippen LogP contribution in [-0.2, 0) is 14.3 Å². The van der Waals surface area contributed by atoms with Gasteiger partial charge in [0.2, 0.25) is 5.91 Å². The highest BCUT2D eigenvalue weighted by Crippen LogP contribution is 2.24. The van der Waals surface area contributed by atoms with E-state index in [4.69, 9.17) is 9.47 Å². The zero-order chi connectivity index (χ0) is 67.1.